The molecule has 3 N–H and O–H groups in total. The molecule has 0 spiro atoms. The number of carbonyl (C=O) groups is 2. The van der Waals surface area contributed by atoms with Gasteiger partial charge in [-0.3, -0.25) is 0 Å². The summed E-state index contributed by atoms with van der Waals surface area (Å²) in [5.74, 6) is -3.15. The van der Waals surface area contributed by atoms with Crippen LogP contribution in [0.5, 0.6) is 0 Å². The number of aliphatic carboxylic acids is 2. The third kappa shape index (κ3) is 1.15. The second-order valence-electron chi connectivity index (χ2n) is 2.61. The second-order valence-corrected chi connectivity index (χ2v) is 2.61. The van der Waals surface area contributed by atoms with Gasteiger partial charge in [0.1, 0.15) is 0 Å². The van der Waals surface area contributed by atoms with Crippen molar-refractivity contribution in [2.45, 2.75) is 18.1 Å². The normalized spacial score (nSPS) is 26.9. The van der Waals surface area contributed by atoms with Crippen molar-refractivity contribution in [2.24, 2.45) is 0 Å². The minimum absolute atomic E-state index is 0.251. The van der Waals surface area contributed by atoms with Crippen molar-refractivity contribution in [3.63, 3.8) is 0 Å². The highest BCUT2D eigenvalue weighted by Crippen LogP contribution is 2.26. The van der Waals surface area contributed by atoms with Crippen molar-refractivity contribution in [3.05, 3.63) is 0 Å². The molecule has 6 heteroatoms. The fourth-order valence-electron chi connectivity index (χ4n) is 1.08. The van der Waals surface area contributed by atoms with Crippen molar-refractivity contribution >= 4 is 11.9 Å². The lowest BCUT2D eigenvalue weighted by Crippen LogP contribution is -2.46. The Hall–Kier alpha value is -1.14. The standard InChI is InChI=1S/C6H8O6/c7-3-1-6(4(8)9,5(10)11)12-2-3/h3,7H,1-2H2,(H,8,9)(H,10,11). The van der Waals surface area contributed by atoms with Gasteiger partial charge in [-0.1, -0.05) is 0 Å². The molecular formula is C6H8O6. The lowest BCUT2D eigenvalue weighted by Gasteiger charge is -2.16. The highest BCUT2D eigenvalue weighted by molar-refractivity contribution is 6.02. The average Bonchev–Trinajstić information content (AvgIpc) is 2.32. The average molecular weight is 176 g/mol. The zero-order chi connectivity index (χ0) is 9.35. The maximum absolute atomic E-state index is 10.5. The molecule has 1 aliphatic heterocycles. The molecule has 1 atom stereocenters. The largest absolute Gasteiger partial charge is 0.479 e. The Morgan fingerprint density at radius 2 is 1.83 bits per heavy atom. The minimum atomic E-state index is -2.25. The number of hydrogen-bond acceptors (Lipinski definition) is 4. The first kappa shape index (κ1) is 8.95. The maximum atomic E-state index is 10.5. The molecule has 0 radical (unpaired) electrons. The number of hydrogen-bond donors (Lipinski definition) is 3. The van der Waals surface area contributed by atoms with Gasteiger partial charge < -0.3 is 20.1 Å². The van der Waals surface area contributed by atoms with Gasteiger partial charge in [0.05, 0.1) is 12.7 Å². The number of aliphatic hydroxyl groups is 1. The van der Waals surface area contributed by atoms with E-state index in [4.69, 9.17) is 15.3 Å². The van der Waals surface area contributed by atoms with E-state index in [1.165, 1.54) is 0 Å². The molecule has 0 aromatic rings. The zero-order valence-corrected chi connectivity index (χ0v) is 6.06. The van der Waals surface area contributed by atoms with Crippen LogP contribution in [0.15, 0.2) is 0 Å². The molecule has 6 nitrogen and oxygen atoms in total. The second kappa shape index (κ2) is 2.72. The van der Waals surface area contributed by atoms with E-state index in [0.29, 0.717) is 0 Å². The van der Waals surface area contributed by atoms with Gasteiger partial charge in [-0.05, 0) is 0 Å². The smallest absolute Gasteiger partial charge is 0.347 e. The molecular weight excluding hydrogens is 168 g/mol. The molecule has 68 valence electrons. The van der Waals surface area contributed by atoms with E-state index in [1.54, 1.807) is 0 Å². The van der Waals surface area contributed by atoms with Gasteiger partial charge in [-0.2, -0.15) is 0 Å². The summed E-state index contributed by atoms with van der Waals surface area (Å²) in [7, 11) is 0. The van der Waals surface area contributed by atoms with Gasteiger partial charge in [0.25, 0.3) is 5.60 Å². The third-order valence-corrected chi connectivity index (χ3v) is 1.74. The predicted molar refractivity (Wildman–Crippen MR) is 34.6 cm³/mol. The van der Waals surface area contributed by atoms with Crippen LogP contribution in [-0.2, 0) is 14.3 Å². The third-order valence-electron chi connectivity index (χ3n) is 1.74. The fraction of sp³-hybridized carbons (Fsp3) is 0.667. The Balaban J connectivity index is 2.89. The molecule has 0 amide bonds. The number of ether oxygens (including phenoxy) is 1. The molecule has 1 saturated heterocycles. The van der Waals surface area contributed by atoms with Crippen LogP contribution in [0.3, 0.4) is 0 Å². The zero-order valence-electron chi connectivity index (χ0n) is 6.06. The Morgan fingerprint density at radius 1 is 1.33 bits per heavy atom. The van der Waals surface area contributed by atoms with E-state index in [1.807, 2.05) is 0 Å². The summed E-state index contributed by atoms with van der Waals surface area (Å²) < 4.78 is 4.53. The van der Waals surface area contributed by atoms with Crippen LogP contribution >= 0.6 is 0 Å². The van der Waals surface area contributed by atoms with Crippen molar-refractivity contribution in [3.8, 4) is 0 Å². The van der Waals surface area contributed by atoms with Crippen LogP contribution < -0.4 is 0 Å². The molecule has 12 heavy (non-hydrogen) atoms. The predicted octanol–water partition coefficient (Wildman–Crippen LogP) is -1.32. The van der Waals surface area contributed by atoms with Gasteiger partial charge >= 0.3 is 11.9 Å². The van der Waals surface area contributed by atoms with Gasteiger partial charge in [0.2, 0.25) is 0 Å². The Labute approximate surface area is 67.4 Å². The first-order valence-electron chi connectivity index (χ1n) is 3.28. The molecule has 1 rings (SSSR count). The number of carboxylic acid groups (broad SMARTS) is 2. The number of aliphatic hydroxyl groups excluding tert-OH is 1. The molecule has 0 aromatic heterocycles. The van der Waals surface area contributed by atoms with E-state index in [0.717, 1.165) is 0 Å². The number of carboxylic acids is 2. The summed E-state index contributed by atoms with van der Waals surface area (Å²) in [5.41, 5.74) is -2.25. The molecule has 1 unspecified atom stereocenters. The van der Waals surface area contributed by atoms with Crippen LogP contribution in [0.1, 0.15) is 6.42 Å². The maximum Gasteiger partial charge on any atom is 0.347 e. The SMILES string of the molecule is O=C(O)C1(C(=O)O)CC(O)CO1. The fourth-order valence-corrected chi connectivity index (χ4v) is 1.08. The first-order chi connectivity index (χ1) is 5.49. The summed E-state index contributed by atoms with van der Waals surface area (Å²) in [4.78, 5) is 21.0. The van der Waals surface area contributed by atoms with Gasteiger partial charge in [-0.15, -0.1) is 0 Å². The molecule has 0 aliphatic carbocycles. The van der Waals surface area contributed by atoms with Gasteiger partial charge in [0, 0.05) is 6.42 Å². The topological polar surface area (TPSA) is 104 Å². The molecule has 1 aliphatic rings. The van der Waals surface area contributed by atoms with Crippen LogP contribution in [0.25, 0.3) is 0 Å². The lowest BCUT2D eigenvalue weighted by molar-refractivity contribution is -0.177. The van der Waals surface area contributed by atoms with Crippen LogP contribution in [0, 0.1) is 0 Å². The Kier molecular flexibility index (Phi) is 2.03. The van der Waals surface area contributed by atoms with Crippen molar-refractivity contribution < 1.29 is 29.6 Å². The minimum Gasteiger partial charge on any atom is -0.479 e. The van der Waals surface area contributed by atoms with E-state index in [-0.39, 0.29) is 6.61 Å². The van der Waals surface area contributed by atoms with Crippen LogP contribution in [0.4, 0.5) is 0 Å². The molecule has 1 fully saturated rings. The highest BCUT2D eigenvalue weighted by Gasteiger charge is 2.53. The summed E-state index contributed by atoms with van der Waals surface area (Å²) in [6.45, 7) is -0.251. The lowest BCUT2D eigenvalue weighted by atomic mass is 10.00. The molecule has 0 saturated carbocycles. The summed E-state index contributed by atoms with van der Waals surface area (Å²) >= 11 is 0. The van der Waals surface area contributed by atoms with E-state index in [9.17, 15) is 9.59 Å². The van der Waals surface area contributed by atoms with E-state index >= 15 is 0 Å². The first-order valence-corrected chi connectivity index (χ1v) is 3.28. The quantitative estimate of drug-likeness (QED) is 0.450. The van der Waals surface area contributed by atoms with Crippen molar-refractivity contribution in [1.82, 2.24) is 0 Å². The summed E-state index contributed by atoms with van der Waals surface area (Å²) in [5, 5.41) is 26.0. The van der Waals surface area contributed by atoms with Gasteiger partial charge in [0.15, 0.2) is 0 Å². The van der Waals surface area contributed by atoms with E-state index < -0.39 is 30.1 Å². The van der Waals surface area contributed by atoms with Crippen molar-refractivity contribution in [2.75, 3.05) is 6.61 Å². The van der Waals surface area contributed by atoms with E-state index in [2.05, 4.69) is 4.74 Å². The molecule has 1 heterocycles. The van der Waals surface area contributed by atoms with Crippen LogP contribution in [0.2, 0.25) is 0 Å². The number of rotatable bonds is 2. The Bertz CT molecular complexity index is 208. The van der Waals surface area contributed by atoms with Gasteiger partial charge in [-0.25, -0.2) is 9.59 Å². The molecule has 0 aromatic carbocycles. The van der Waals surface area contributed by atoms with Crippen molar-refractivity contribution in [1.29, 1.82) is 0 Å². The molecule has 0 bridgehead atoms. The Morgan fingerprint density at radius 3 is 2.00 bits per heavy atom. The summed E-state index contributed by atoms with van der Waals surface area (Å²) in [6, 6.07) is 0. The summed E-state index contributed by atoms with van der Waals surface area (Å²) in [6.07, 6.45) is -1.42. The highest BCUT2D eigenvalue weighted by atomic mass is 16.6. The monoisotopic (exact) mass is 176 g/mol. The van der Waals surface area contributed by atoms with Crippen LogP contribution in [-0.4, -0.2) is 45.6 Å².